The zero-order chi connectivity index (χ0) is 50.5. The van der Waals surface area contributed by atoms with Gasteiger partial charge in [-0.1, -0.05) is 142 Å². The van der Waals surface area contributed by atoms with Crippen LogP contribution in [-0.2, 0) is 33.9 Å². The monoisotopic (exact) mass is 939 g/mol. The van der Waals surface area contributed by atoms with Crippen LogP contribution in [0.15, 0.2) is 127 Å². The summed E-state index contributed by atoms with van der Waals surface area (Å²) in [6.07, 6.45) is 3.21. The number of carbonyl (C=O) groups excluding carboxylic acids is 2. The first-order valence-corrected chi connectivity index (χ1v) is 21.6. The number of hydrogen-bond donors (Lipinski definition) is 8. The van der Waals surface area contributed by atoms with Crippen LogP contribution in [0.25, 0.3) is 6.08 Å². The summed E-state index contributed by atoms with van der Waals surface area (Å²) in [7, 11) is 0. The zero-order valence-electron chi connectivity index (χ0n) is 39.6. The molecule has 3 radical (unpaired) electrons. The number of rotatable bonds is 5. The Morgan fingerprint density at radius 3 is 1.23 bits per heavy atom. The van der Waals surface area contributed by atoms with Crippen molar-refractivity contribution in [2.24, 2.45) is 0 Å². The molecule has 1 unspecified atom stereocenters. The Labute approximate surface area is 394 Å². The van der Waals surface area contributed by atoms with Gasteiger partial charge in [0.15, 0.2) is 12.6 Å². The number of aromatic carboxylic acids is 1. The summed E-state index contributed by atoms with van der Waals surface area (Å²) in [5, 5.41) is 29.2. The second-order valence-corrected chi connectivity index (χ2v) is 10.9. The first-order chi connectivity index (χ1) is 30.8. The van der Waals surface area contributed by atoms with Crippen LogP contribution in [0, 0.1) is 0 Å². The standard InChI is InChI=1S/C11H11NO2.C7H7NO2.C7H9NO.2C7H7NO.5C2H6.B.Mn.2O/c1-7-9(11(13)14)6-8-4-2-3-5-10(8)12-7;8-6-4-2-1-3-5(6)7(9)10;3*8-7-4-2-1-3-6(7)5-9;5*1-2;;;;/h2-7,12H,1H3,(H,13,14);1-4H,8H2,(H,9,10);1-4,9H,5,8H2;2*1-5H,8H2;5*1-2H3;;;;. The van der Waals surface area contributed by atoms with Crippen LogP contribution in [0.5, 0.6) is 0 Å². The van der Waals surface area contributed by atoms with Gasteiger partial charge in [-0.05, 0) is 67.1 Å². The van der Waals surface area contributed by atoms with Gasteiger partial charge in [0, 0.05) is 53.5 Å². The van der Waals surface area contributed by atoms with Gasteiger partial charge in [0.1, 0.15) is 0 Å². The molecule has 5 aromatic carbocycles. The first-order valence-electron chi connectivity index (χ1n) is 20.7. The molecule has 12 N–H and O–H groups in total. The number of benzene rings is 5. The number of aliphatic hydroxyl groups is 1. The third kappa shape index (κ3) is 31.7. The topological polar surface area (TPSA) is 279 Å². The average Bonchev–Trinajstić information content (AvgIpc) is 3.33. The van der Waals surface area contributed by atoms with Crippen LogP contribution < -0.4 is 28.3 Å². The molecule has 1 aliphatic heterocycles. The number of aliphatic hydroxyl groups excluding tert-OH is 1. The Morgan fingerprint density at radius 1 is 0.569 bits per heavy atom. The Hall–Kier alpha value is -6.74. The van der Waals surface area contributed by atoms with Crippen molar-refractivity contribution in [3.63, 3.8) is 0 Å². The molecule has 65 heavy (non-hydrogen) atoms. The summed E-state index contributed by atoms with van der Waals surface area (Å²) in [6.45, 7) is 21.9. The molecule has 1 atom stereocenters. The molecule has 1 heterocycles. The maximum absolute atomic E-state index is 10.9. The van der Waals surface area contributed by atoms with Gasteiger partial charge in [-0.15, -0.1) is 0 Å². The summed E-state index contributed by atoms with van der Waals surface area (Å²) in [5.74, 6) is -1.85. The molecule has 0 saturated carbocycles. The van der Waals surface area contributed by atoms with Gasteiger partial charge < -0.3 is 43.6 Å². The molecule has 0 bridgehead atoms. The third-order valence-electron chi connectivity index (χ3n) is 7.02. The quantitative estimate of drug-likeness (QED) is 0.0462. The minimum absolute atomic E-state index is 0. The normalized spacial score (nSPS) is 9.97. The number of anilines is 5. The van der Waals surface area contributed by atoms with E-state index < -0.39 is 26.8 Å². The molecule has 0 saturated heterocycles. The maximum atomic E-state index is 10.9. The number of aldehydes is 2. The Kier molecular flexibility index (Phi) is 52.0. The molecular formula is C49H71BMnN5O9. The number of fused-ring (bicyclic) bond motifs is 1. The fourth-order valence-electron chi connectivity index (χ4n) is 4.21. The van der Waals surface area contributed by atoms with E-state index in [0.29, 0.717) is 39.4 Å². The van der Waals surface area contributed by atoms with E-state index in [1.165, 1.54) is 6.07 Å². The van der Waals surface area contributed by atoms with E-state index in [2.05, 4.69) is 5.32 Å². The number of aliphatic carboxylic acids is 1. The molecule has 1 aliphatic rings. The predicted octanol–water partition coefficient (Wildman–Crippen LogP) is 10.4. The molecule has 0 spiro atoms. The van der Waals surface area contributed by atoms with Crippen molar-refractivity contribution < 1.29 is 57.0 Å². The van der Waals surface area contributed by atoms with Gasteiger partial charge in [0.2, 0.25) is 0 Å². The summed E-state index contributed by atoms with van der Waals surface area (Å²) < 4.78 is 16.8. The number of carbonyl (C=O) groups is 4. The molecule has 0 amide bonds. The van der Waals surface area contributed by atoms with Crippen LogP contribution in [0.4, 0.5) is 28.4 Å². The van der Waals surface area contributed by atoms with Gasteiger partial charge in [0.05, 0.1) is 23.8 Å². The molecule has 14 nitrogen and oxygen atoms in total. The molecule has 356 valence electrons. The van der Waals surface area contributed by atoms with E-state index >= 15 is 0 Å². The summed E-state index contributed by atoms with van der Waals surface area (Å²) in [5.41, 5.74) is 28.0. The van der Waals surface area contributed by atoms with Crippen molar-refractivity contribution in [1.29, 1.82) is 0 Å². The van der Waals surface area contributed by atoms with Gasteiger partial charge >= 0.3 is 34.4 Å². The van der Waals surface area contributed by atoms with Crippen molar-refractivity contribution in [3.8, 4) is 0 Å². The third-order valence-corrected chi connectivity index (χ3v) is 7.02. The second kappa shape index (κ2) is 48.3. The second-order valence-electron chi connectivity index (χ2n) is 10.7. The Bertz CT molecular complexity index is 2010. The van der Waals surface area contributed by atoms with Gasteiger partial charge in [0.25, 0.3) is 0 Å². The average molecular weight is 940 g/mol. The van der Waals surface area contributed by atoms with Crippen LogP contribution >= 0.6 is 0 Å². The first kappa shape index (κ1) is 69.9. The number of nitrogens with two attached hydrogens (primary N) is 4. The van der Waals surface area contributed by atoms with Crippen LogP contribution in [0.3, 0.4) is 0 Å². The van der Waals surface area contributed by atoms with E-state index in [1.54, 1.807) is 84.9 Å². The summed E-state index contributed by atoms with van der Waals surface area (Å²) >= 11 is -1.44. The number of nitrogens with one attached hydrogen (secondary N) is 1. The molecule has 5 aromatic rings. The molecule has 0 aromatic heterocycles. The molecule has 6 rings (SSSR count). The van der Waals surface area contributed by atoms with Crippen molar-refractivity contribution in [2.45, 2.75) is 88.8 Å². The van der Waals surface area contributed by atoms with E-state index in [1.807, 2.05) is 113 Å². The number of carboxylic acids is 2. The number of carboxylic acid groups (broad SMARTS) is 2. The van der Waals surface area contributed by atoms with Crippen molar-refractivity contribution in [2.75, 3.05) is 28.3 Å². The van der Waals surface area contributed by atoms with Crippen LogP contribution in [-0.4, -0.2) is 54.3 Å². The Morgan fingerprint density at radius 2 is 0.923 bits per heavy atom. The van der Waals surface area contributed by atoms with E-state index in [-0.39, 0.29) is 26.6 Å². The SMILES string of the molecule is CC.CC.CC.CC.CC.CC1Nc2ccccc2C=C1C(=O)O.Nc1ccccc1C(=O)O.Nc1ccccc1C=O.Nc1ccccc1C=O.Nc1ccccc1CO.[B].[O]=[Mn]=[O]. The molecule has 0 aliphatic carbocycles. The number of hydrogen-bond acceptors (Lipinski definition) is 12. The van der Waals surface area contributed by atoms with Gasteiger partial charge in [-0.2, -0.15) is 0 Å². The number of nitrogen functional groups attached to an aromatic ring is 4. The van der Waals surface area contributed by atoms with Crippen LogP contribution in [0.2, 0.25) is 0 Å². The van der Waals surface area contributed by atoms with E-state index in [4.69, 9.17) is 45.9 Å². The fraction of sp³-hybridized carbons (Fsp3) is 0.265. The van der Waals surface area contributed by atoms with Crippen molar-refractivity contribution in [1.82, 2.24) is 0 Å². The van der Waals surface area contributed by atoms with E-state index in [0.717, 1.165) is 29.4 Å². The molecule has 0 fully saturated rings. The van der Waals surface area contributed by atoms with Crippen LogP contribution in [0.1, 0.15) is 118 Å². The minimum atomic E-state index is -1.44. The number of para-hydroxylation sites is 5. The predicted molar refractivity (Wildman–Crippen MR) is 266 cm³/mol. The summed E-state index contributed by atoms with van der Waals surface area (Å²) in [4.78, 5) is 41.5. The summed E-state index contributed by atoms with van der Waals surface area (Å²) in [6, 6.07) is 35.1. The zero-order valence-corrected chi connectivity index (χ0v) is 40.8. The Balaban J connectivity index is -0.000000158. The fourth-order valence-corrected chi connectivity index (χ4v) is 4.21. The van der Waals surface area contributed by atoms with E-state index in [9.17, 15) is 19.2 Å². The van der Waals surface area contributed by atoms with Crippen molar-refractivity contribution in [3.05, 3.63) is 155 Å². The van der Waals surface area contributed by atoms with Crippen molar-refractivity contribution >= 4 is 67.4 Å². The van der Waals surface area contributed by atoms with Gasteiger partial charge in [-0.25, -0.2) is 9.59 Å². The molecule has 16 heteroatoms. The molecular weight excluding hydrogens is 868 g/mol. The van der Waals surface area contributed by atoms with Gasteiger partial charge in [-0.3, -0.25) is 9.59 Å².